The Morgan fingerprint density at radius 3 is 2.21 bits per heavy atom. The number of amides is 2. The number of hydrogen-bond acceptors (Lipinski definition) is 9. The van der Waals surface area contributed by atoms with E-state index in [-0.39, 0.29) is 30.1 Å². The first-order chi connectivity index (χ1) is 22.8. The van der Waals surface area contributed by atoms with Crippen LogP contribution in [0.5, 0.6) is 17.2 Å². The molecule has 0 aliphatic carbocycles. The summed E-state index contributed by atoms with van der Waals surface area (Å²) in [6, 6.07) is 19.5. The molecule has 15 heteroatoms. The van der Waals surface area contributed by atoms with E-state index in [0.29, 0.717) is 76.7 Å². The normalized spacial score (nSPS) is 12.1. The van der Waals surface area contributed by atoms with Gasteiger partial charge >= 0.3 is 0 Å². The standard InChI is InChI=1S/C32H24Cl2N6O5S2/c1-43-19-5-2-17(3-6-19)35-26(41)13-46-31-37-22-8-7-21(34)28(30(22)40-31)20-10-16(33)11-23-29(20)39-32(38-23)47-14-27(42)36-18-4-9-24-25(12-18)45-15-44-24/h2-12H,13-15H2,1H3,(H,35,41)(H,36,42)(H,37,40)(H,38,39). The number of thioether (sulfide) groups is 2. The number of ether oxygens (including phenoxy) is 3. The molecule has 6 aromatic rings. The van der Waals surface area contributed by atoms with E-state index in [1.807, 2.05) is 6.07 Å². The lowest BCUT2D eigenvalue weighted by Crippen LogP contribution is -2.14. The Balaban J connectivity index is 1.08. The zero-order valence-corrected chi connectivity index (χ0v) is 27.6. The second-order valence-electron chi connectivity index (χ2n) is 10.2. The number of imidazole rings is 2. The summed E-state index contributed by atoms with van der Waals surface area (Å²) in [6.07, 6.45) is 0. The van der Waals surface area contributed by atoms with Crippen molar-refractivity contribution in [1.82, 2.24) is 19.9 Å². The SMILES string of the molecule is COc1ccc(NC(=O)CSc2nc3c(-c4cc(Cl)cc5[nH]c(SCC(=O)Nc6ccc7c(c6)OCO7)nc45)c(Cl)ccc3[nH]2)cc1. The predicted octanol–water partition coefficient (Wildman–Crippen LogP) is 7.61. The van der Waals surface area contributed by atoms with Crippen molar-refractivity contribution < 1.29 is 23.8 Å². The minimum absolute atomic E-state index is 0.111. The van der Waals surface area contributed by atoms with Crippen LogP contribution in [0, 0.1) is 0 Å². The molecule has 1 aliphatic rings. The highest BCUT2D eigenvalue weighted by atomic mass is 35.5. The highest BCUT2D eigenvalue weighted by molar-refractivity contribution is 8.00. The van der Waals surface area contributed by atoms with Crippen molar-refractivity contribution in [3.05, 3.63) is 76.8 Å². The Morgan fingerprint density at radius 2 is 1.47 bits per heavy atom. The molecule has 0 fully saturated rings. The summed E-state index contributed by atoms with van der Waals surface area (Å²) in [6.45, 7) is 0.158. The number of hydrogen-bond donors (Lipinski definition) is 4. The number of carbonyl (C=O) groups is 2. The number of nitrogens with one attached hydrogen (secondary N) is 4. The van der Waals surface area contributed by atoms with Gasteiger partial charge in [0.25, 0.3) is 0 Å². The topological polar surface area (TPSA) is 143 Å². The lowest BCUT2D eigenvalue weighted by molar-refractivity contribution is -0.114. The Hall–Kier alpha value is -4.56. The number of aromatic amines is 2. The fraction of sp³-hybridized carbons (Fsp3) is 0.125. The first kappa shape index (κ1) is 31.1. The third-order valence-electron chi connectivity index (χ3n) is 7.09. The van der Waals surface area contributed by atoms with E-state index in [9.17, 15) is 9.59 Å². The minimum Gasteiger partial charge on any atom is -0.497 e. The maximum atomic E-state index is 12.7. The quantitative estimate of drug-likeness (QED) is 0.106. The van der Waals surface area contributed by atoms with Crippen LogP contribution in [0.25, 0.3) is 33.2 Å². The number of H-pyrrole nitrogens is 2. The molecule has 47 heavy (non-hydrogen) atoms. The molecule has 0 saturated carbocycles. The number of benzene rings is 4. The average molecular weight is 708 g/mol. The second kappa shape index (κ2) is 13.3. The summed E-state index contributed by atoms with van der Waals surface area (Å²) in [5.74, 6) is 1.79. The molecule has 2 amide bonds. The molecule has 7 rings (SSSR count). The van der Waals surface area contributed by atoms with E-state index < -0.39 is 0 Å². The number of methoxy groups -OCH3 is 1. The summed E-state index contributed by atoms with van der Waals surface area (Å²) >= 11 is 15.8. The van der Waals surface area contributed by atoms with Crippen LogP contribution in [-0.4, -0.2) is 57.2 Å². The number of nitrogens with zero attached hydrogens (tertiary/aromatic N) is 2. The molecule has 0 atom stereocenters. The first-order valence-electron chi connectivity index (χ1n) is 14.1. The fourth-order valence-electron chi connectivity index (χ4n) is 4.98. The molecule has 0 unspecified atom stereocenters. The molecule has 0 bridgehead atoms. The predicted molar refractivity (Wildman–Crippen MR) is 185 cm³/mol. The van der Waals surface area contributed by atoms with Crippen LogP contribution in [0.15, 0.2) is 77.0 Å². The van der Waals surface area contributed by atoms with E-state index in [0.717, 1.165) is 5.52 Å². The van der Waals surface area contributed by atoms with Crippen molar-refractivity contribution in [3.63, 3.8) is 0 Å². The zero-order valence-electron chi connectivity index (χ0n) is 24.5. The van der Waals surface area contributed by atoms with Crippen LogP contribution >= 0.6 is 46.7 Å². The third kappa shape index (κ3) is 6.79. The van der Waals surface area contributed by atoms with Crippen molar-refractivity contribution in [1.29, 1.82) is 0 Å². The molecular weight excluding hydrogens is 683 g/mol. The van der Waals surface area contributed by atoms with Gasteiger partial charge in [-0.05, 0) is 60.7 Å². The summed E-state index contributed by atoms with van der Waals surface area (Å²) in [7, 11) is 1.59. The molecule has 2 aromatic heterocycles. The lowest BCUT2D eigenvalue weighted by Gasteiger charge is -2.07. The molecule has 3 heterocycles. The van der Waals surface area contributed by atoms with Crippen LogP contribution < -0.4 is 24.8 Å². The molecule has 4 N–H and O–H groups in total. The van der Waals surface area contributed by atoms with Gasteiger partial charge in [-0.15, -0.1) is 0 Å². The Labute approximate surface area is 286 Å². The van der Waals surface area contributed by atoms with Crippen molar-refractivity contribution in [2.45, 2.75) is 10.3 Å². The van der Waals surface area contributed by atoms with Gasteiger partial charge in [0.1, 0.15) is 5.75 Å². The van der Waals surface area contributed by atoms with Crippen molar-refractivity contribution in [2.24, 2.45) is 0 Å². The second-order valence-corrected chi connectivity index (χ2v) is 13.0. The van der Waals surface area contributed by atoms with Gasteiger partial charge in [-0.1, -0.05) is 46.7 Å². The molecule has 0 saturated heterocycles. The largest absolute Gasteiger partial charge is 0.497 e. The number of anilines is 2. The van der Waals surface area contributed by atoms with Gasteiger partial charge < -0.3 is 34.8 Å². The van der Waals surface area contributed by atoms with Gasteiger partial charge in [0, 0.05) is 33.6 Å². The van der Waals surface area contributed by atoms with Crippen LogP contribution in [0.3, 0.4) is 0 Å². The van der Waals surface area contributed by atoms with Crippen LogP contribution in [0.2, 0.25) is 10.0 Å². The van der Waals surface area contributed by atoms with Crippen molar-refractivity contribution >= 4 is 92.0 Å². The Kier molecular flexibility index (Phi) is 8.78. The number of aromatic nitrogens is 4. The lowest BCUT2D eigenvalue weighted by atomic mass is 10.0. The maximum Gasteiger partial charge on any atom is 0.234 e. The van der Waals surface area contributed by atoms with E-state index in [1.165, 1.54) is 23.5 Å². The van der Waals surface area contributed by atoms with Gasteiger partial charge in [-0.25, -0.2) is 9.97 Å². The fourth-order valence-corrected chi connectivity index (χ4v) is 6.81. The van der Waals surface area contributed by atoms with Gasteiger partial charge in [-0.2, -0.15) is 0 Å². The summed E-state index contributed by atoms with van der Waals surface area (Å²) in [5.41, 5.74) is 5.25. The summed E-state index contributed by atoms with van der Waals surface area (Å²) in [4.78, 5) is 41.4. The Morgan fingerprint density at radius 1 is 0.809 bits per heavy atom. The minimum atomic E-state index is -0.209. The van der Waals surface area contributed by atoms with Crippen LogP contribution in [-0.2, 0) is 9.59 Å². The molecule has 238 valence electrons. The van der Waals surface area contributed by atoms with Crippen LogP contribution in [0.4, 0.5) is 11.4 Å². The van der Waals surface area contributed by atoms with E-state index >= 15 is 0 Å². The zero-order chi connectivity index (χ0) is 32.5. The van der Waals surface area contributed by atoms with Gasteiger partial charge in [0.05, 0.1) is 45.7 Å². The van der Waals surface area contributed by atoms with E-state index in [1.54, 1.807) is 67.8 Å². The highest BCUT2D eigenvalue weighted by Crippen LogP contribution is 2.40. The van der Waals surface area contributed by atoms with Crippen molar-refractivity contribution in [2.75, 3.05) is 36.0 Å². The maximum absolute atomic E-state index is 12.7. The average Bonchev–Trinajstić information content (AvgIpc) is 3.81. The third-order valence-corrected chi connectivity index (χ3v) is 9.37. The molecule has 1 aliphatic heterocycles. The number of fused-ring (bicyclic) bond motifs is 3. The highest BCUT2D eigenvalue weighted by Gasteiger charge is 2.20. The Bertz CT molecular complexity index is 2150. The number of rotatable bonds is 10. The van der Waals surface area contributed by atoms with Gasteiger partial charge in [-0.3, -0.25) is 9.59 Å². The van der Waals surface area contributed by atoms with E-state index in [4.69, 9.17) is 47.4 Å². The summed E-state index contributed by atoms with van der Waals surface area (Å²) in [5, 5.41) is 7.76. The molecule has 4 aromatic carbocycles. The monoisotopic (exact) mass is 706 g/mol. The summed E-state index contributed by atoms with van der Waals surface area (Å²) < 4.78 is 15.9. The number of halogens is 2. The first-order valence-corrected chi connectivity index (χ1v) is 16.8. The van der Waals surface area contributed by atoms with Gasteiger partial charge in [0.15, 0.2) is 21.8 Å². The van der Waals surface area contributed by atoms with Gasteiger partial charge in [0.2, 0.25) is 18.6 Å². The van der Waals surface area contributed by atoms with E-state index in [2.05, 4.69) is 20.6 Å². The van der Waals surface area contributed by atoms with Crippen molar-refractivity contribution in [3.8, 4) is 28.4 Å². The molecule has 11 nitrogen and oxygen atoms in total. The molecule has 0 spiro atoms. The molecule has 0 radical (unpaired) electrons. The molecular formula is C32H24Cl2N6O5S2. The number of carbonyl (C=O) groups excluding carboxylic acids is 2. The smallest absolute Gasteiger partial charge is 0.234 e. The van der Waals surface area contributed by atoms with Crippen LogP contribution in [0.1, 0.15) is 0 Å².